The van der Waals surface area contributed by atoms with Crippen LogP contribution in [0.1, 0.15) is 36.6 Å². The third kappa shape index (κ3) is 2.32. The Morgan fingerprint density at radius 1 is 1.42 bits per heavy atom. The van der Waals surface area contributed by atoms with Gasteiger partial charge >= 0.3 is 0 Å². The summed E-state index contributed by atoms with van der Waals surface area (Å²) in [5.74, 6) is 0.808. The van der Waals surface area contributed by atoms with Crippen LogP contribution < -0.4 is 10.5 Å². The Bertz CT molecular complexity index is 483. The fraction of sp³-hybridized carbons (Fsp3) is 0.692. The molecule has 19 heavy (non-hydrogen) atoms. The molecule has 6 nitrogen and oxygen atoms in total. The van der Waals surface area contributed by atoms with Crippen molar-refractivity contribution in [1.29, 1.82) is 0 Å². The van der Waals surface area contributed by atoms with Gasteiger partial charge in [-0.1, -0.05) is 0 Å². The minimum Gasteiger partial charge on any atom is -0.481 e. The second kappa shape index (κ2) is 5.21. The zero-order valence-corrected chi connectivity index (χ0v) is 12.0. The van der Waals surface area contributed by atoms with E-state index in [0.717, 1.165) is 24.1 Å². The number of hydrogen-bond acceptors (Lipinski definition) is 4. The lowest BCUT2D eigenvalue weighted by molar-refractivity contribution is -0.131. The second-order valence-corrected chi connectivity index (χ2v) is 5.14. The topological polar surface area (TPSA) is 73.4 Å². The van der Waals surface area contributed by atoms with Gasteiger partial charge in [-0.3, -0.25) is 4.79 Å². The molecule has 1 aliphatic rings. The molecule has 1 saturated heterocycles. The molecule has 1 aliphatic heterocycles. The van der Waals surface area contributed by atoms with Crippen LogP contribution in [0.5, 0.6) is 5.88 Å². The van der Waals surface area contributed by atoms with Gasteiger partial charge in [0.05, 0.1) is 24.4 Å². The molecule has 0 aliphatic carbocycles. The van der Waals surface area contributed by atoms with E-state index < -0.39 is 0 Å². The maximum atomic E-state index is 12.1. The molecule has 0 saturated carbocycles. The fourth-order valence-electron chi connectivity index (χ4n) is 2.91. The summed E-state index contributed by atoms with van der Waals surface area (Å²) < 4.78 is 7.12. The second-order valence-electron chi connectivity index (χ2n) is 5.14. The maximum Gasteiger partial charge on any atom is 0.222 e. The normalized spacial score (nSPS) is 24.5. The Kier molecular flexibility index (Phi) is 3.80. The standard InChI is InChI=1S/C13H22N4O2/c1-8-11(13(19-4)17(3)15-8)12-9(14)6-5-7-10(18)16(12)2/h9,12H,5-7,14H2,1-4H3. The Labute approximate surface area is 113 Å². The lowest BCUT2D eigenvalue weighted by Gasteiger charge is -2.30. The SMILES string of the molecule is COc1c(C2C(N)CCCC(=O)N2C)c(C)nn1C. The molecule has 0 radical (unpaired) electrons. The number of amides is 1. The van der Waals surface area contributed by atoms with Gasteiger partial charge in [0.1, 0.15) is 0 Å². The highest BCUT2D eigenvalue weighted by Gasteiger charge is 2.35. The molecular weight excluding hydrogens is 244 g/mol. The van der Waals surface area contributed by atoms with Crippen LogP contribution in [0.4, 0.5) is 0 Å². The van der Waals surface area contributed by atoms with Crippen molar-refractivity contribution in [2.75, 3.05) is 14.2 Å². The number of nitrogens with zero attached hydrogens (tertiary/aromatic N) is 3. The molecule has 0 aromatic carbocycles. The third-order valence-corrected chi connectivity index (χ3v) is 3.85. The molecule has 2 heterocycles. The van der Waals surface area contributed by atoms with Crippen molar-refractivity contribution in [3.8, 4) is 5.88 Å². The summed E-state index contributed by atoms with van der Waals surface area (Å²) in [5, 5.41) is 4.38. The highest BCUT2D eigenvalue weighted by atomic mass is 16.5. The van der Waals surface area contributed by atoms with Crippen LogP contribution in [0.25, 0.3) is 0 Å². The average Bonchev–Trinajstić information content (AvgIpc) is 2.57. The van der Waals surface area contributed by atoms with Gasteiger partial charge in [-0.15, -0.1) is 0 Å². The van der Waals surface area contributed by atoms with Gasteiger partial charge in [0, 0.05) is 26.6 Å². The molecule has 0 bridgehead atoms. The van der Waals surface area contributed by atoms with Crippen molar-refractivity contribution >= 4 is 5.91 Å². The van der Waals surface area contributed by atoms with Crippen LogP contribution >= 0.6 is 0 Å². The number of ether oxygens (including phenoxy) is 1. The Morgan fingerprint density at radius 3 is 2.74 bits per heavy atom. The average molecular weight is 266 g/mol. The van der Waals surface area contributed by atoms with E-state index in [1.165, 1.54) is 0 Å². The first-order valence-corrected chi connectivity index (χ1v) is 6.56. The minimum absolute atomic E-state index is 0.0896. The summed E-state index contributed by atoms with van der Waals surface area (Å²) in [6.07, 6.45) is 2.23. The molecule has 2 unspecified atom stereocenters. The summed E-state index contributed by atoms with van der Waals surface area (Å²) in [6, 6.07) is -0.258. The quantitative estimate of drug-likeness (QED) is 0.857. The Hall–Kier alpha value is -1.56. The van der Waals surface area contributed by atoms with Crippen molar-refractivity contribution in [3.63, 3.8) is 0 Å². The van der Waals surface area contributed by atoms with E-state index in [0.29, 0.717) is 12.3 Å². The van der Waals surface area contributed by atoms with E-state index in [9.17, 15) is 4.79 Å². The van der Waals surface area contributed by atoms with Crippen molar-refractivity contribution in [2.45, 2.75) is 38.3 Å². The van der Waals surface area contributed by atoms with E-state index in [-0.39, 0.29) is 18.0 Å². The monoisotopic (exact) mass is 266 g/mol. The number of rotatable bonds is 2. The van der Waals surface area contributed by atoms with Gasteiger partial charge in [-0.05, 0) is 19.8 Å². The van der Waals surface area contributed by atoms with Crippen molar-refractivity contribution in [2.24, 2.45) is 12.8 Å². The van der Waals surface area contributed by atoms with E-state index in [2.05, 4.69) is 5.10 Å². The zero-order valence-electron chi connectivity index (χ0n) is 12.0. The van der Waals surface area contributed by atoms with Gasteiger partial charge in [-0.2, -0.15) is 5.10 Å². The number of likely N-dealkylation sites (tertiary alicyclic amines) is 1. The van der Waals surface area contributed by atoms with Crippen LogP contribution in [0.2, 0.25) is 0 Å². The first kappa shape index (κ1) is 13.9. The van der Waals surface area contributed by atoms with Crippen molar-refractivity contribution in [3.05, 3.63) is 11.3 Å². The van der Waals surface area contributed by atoms with Crippen LogP contribution in [0.3, 0.4) is 0 Å². The first-order chi connectivity index (χ1) is 8.97. The van der Waals surface area contributed by atoms with Gasteiger partial charge in [0.25, 0.3) is 0 Å². The molecule has 1 amide bonds. The lowest BCUT2D eigenvalue weighted by atomic mass is 9.97. The molecule has 2 atom stereocenters. The number of carbonyl (C=O) groups is 1. The number of aryl methyl sites for hydroxylation is 2. The van der Waals surface area contributed by atoms with E-state index in [1.807, 2.05) is 21.0 Å². The number of aromatic nitrogens is 2. The molecule has 2 rings (SSSR count). The summed E-state index contributed by atoms with van der Waals surface area (Å²) in [7, 11) is 5.26. The molecule has 1 aromatic heterocycles. The van der Waals surface area contributed by atoms with Crippen LogP contribution in [-0.4, -0.2) is 40.8 Å². The third-order valence-electron chi connectivity index (χ3n) is 3.85. The summed E-state index contributed by atoms with van der Waals surface area (Å²) in [6.45, 7) is 1.92. The molecule has 106 valence electrons. The number of hydrogen-bond donors (Lipinski definition) is 1. The largest absolute Gasteiger partial charge is 0.481 e. The van der Waals surface area contributed by atoms with E-state index in [4.69, 9.17) is 10.5 Å². The van der Waals surface area contributed by atoms with Crippen molar-refractivity contribution in [1.82, 2.24) is 14.7 Å². The number of carbonyl (C=O) groups excluding carboxylic acids is 1. The summed E-state index contributed by atoms with van der Waals surface area (Å²) in [5.41, 5.74) is 8.07. The van der Waals surface area contributed by atoms with Gasteiger partial charge < -0.3 is 15.4 Å². The van der Waals surface area contributed by atoms with Crippen LogP contribution in [0.15, 0.2) is 0 Å². The van der Waals surface area contributed by atoms with Crippen molar-refractivity contribution < 1.29 is 9.53 Å². The first-order valence-electron chi connectivity index (χ1n) is 6.56. The zero-order chi connectivity index (χ0) is 14.2. The fourth-order valence-corrected chi connectivity index (χ4v) is 2.91. The van der Waals surface area contributed by atoms with E-state index in [1.54, 1.807) is 16.7 Å². The smallest absolute Gasteiger partial charge is 0.222 e. The maximum absolute atomic E-state index is 12.1. The number of likely N-dealkylation sites (N-methyl/N-ethyl adjacent to an activating group) is 1. The molecule has 1 aromatic rings. The molecule has 1 fully saturated rings. The highest BCUT2D eigenvalue weighted by Crippen LogP contribution is 2.36. The van der Waals surface area contributed by atoms with Crippen LogP contribution in [0, 0.1) is 6.92 Å². The molecule has 6 heteroatoms. The van der Waals surface area contributed by atoms with Gasteiger partial charge in [0.2, 0.25) is 11.8 Å². The van der Waals surface area contributed by atoms with Crippen LogP contribution in [-0.2, 0) is 11.8 Å². The predicted octanol–water partition coefficient (Wildman–Crippen LogP) is 0.748. The number of methoxy groups -OCH3 is 1. The summed E-state index contributed by atoms with van der Waals surface area (Å²) >= 11 is 0. The minimum atomic E-state index is -0.168. The number of nitrogens with two attached hydrogens (primary N) is 1. The van der Waals surface area contributed by atoms with Gasteiger partial charge in [-0.25, -0.2) is 4.68 Å². The highest BCUT2D eigenvalue weighted by molar-refractivity contribution is 5.77. The Balaban J connectivity index is 2.50. The predicted molar refractivity (Wildman–Crippen MR) is 71.8 cm³/mol. The molecule has 0 spiro atoms. The molecule has 2 N–H and O–H groups in total. The lowest BCUT2D eigenvalue weighted by Crippen LogP contribution is -2.40. The Morgan fingerprint density at radius 2 is 2.11 bits per heavy atom. The molecular formula is C13H22N4O2. The summed E-state index contributed by atoms with van der Waals surface area (Å²) in [4.78, 5) is 13.8. The van der Waals surface area contributed by atoms with Gasteiger partial charge in [0.15, 0.2) is 0 Å². The van der Waals surface area contributed by atoms with E-state index >= 15 is 0 Å².